The second kappa shape index (κ2) is 9.87. The Morgan fingerprint density at radius 1 is 0.465 bits per heavy atom. The van der Waals surface area contributed by atoms with Crippen LogP contribution in [0.5, 0.6) is 0 Å². The molecular weight excluding hydrogens is 572 g/mol. The summed E-state index contributed by atoms with van der Waals surface area (Å²) in [6.07, 6.45) is 0. The van der Waals surface area contributed by atoms with Crippen LogP contribution in [0.1, 0.15) is 0 Å². The van der Waals surface area contributed by atoms with Crippen LogP contribution in [-0.2, 0) is 23.7 Å². The van der Waals surface area contributed by atoms with Crippen LogP contribution < -0.4 is 14.5 Å². The maximum atomic E-state index is 8.25. The molecule has 201 valence electrons. The van der Waals surface area contributed by atoms with Crippen molar-refractivity contribution in [3.05, 3.63) is 104 Å². The monoisotopic (exact) mass is 590 g/mol. The minimum absolute atomic E-state index is 0.551. The van der Waals surface area contributed by atoms with Crippen LogP contribution in [-0.4, -0.2) is 24.9 Å². The number of aromatic nitrogens is 8. The molecule has 0 atom stereocenters. The van der Waals surface area contributed by atoms with Gasteiger partial charge in [-0.1, -0.05) is 104 Å². The predicted molar refractivity (Wildman–Crippen MR) is 158 cm³/mol. The zero-order chi connectivity index (χ0) is 29.1. The van der Waals surface area contributed by atoms with Gasteiger partial charge in [-0.15, -0.1) is 0 Å². The van der Waals surface area contributed by atoms with E-state index in [-0.39, 0.29) is 0 Å². The Balaban J connectivity index is 0.00000136. The Morgan fingerprint density at radius 2 is 0.791 bits per heavy atom. The molecule has 0 N–H and O–H groups in total. The molecule has 2 aliphatic rings. The van der Waals surface area contributed by atoms with Crippen molar-refractivity contribution in [3.8, 4) is 45.6 Å². The van der Waals surface area contributed by atoms with Gasteiger partial charge in [-0.05, 0) is 32.7 Å². The van der Waals surface area contributed by atoms with Gasteiger partial charge in [0.05, 0.1) is 11.6 Å². The van der Waals surface area contributed by atoms with Crippen LogP contribution in [0.3, 0.4) is 0 Å². The van der Waals surface area contributed by atoms with Crippen molar-refractivity contribution in [3.63, 3.8) is 0 Å². The molecule has 9 nitrogen and oxygen atoms in total. The van der Waals surface area contributed by atoms with E-state index in [9.17, 15) is 0 Å². The summed E-state index contributed by atoms with van der Waals surface area (Å²) in [7, 11) is 4.36. The molecule has 10 heteroatoms. The van der Waals surface area contributed by atoms with Gasteiger partial charge in [-0.25, -0.2) is 4.98 Å². The molecule has 2 aliphatic heterocycles. The molecule has 8 bridgehead atoms. The number of nitrogens with zero attached hydrogens (tertiary/aromatic N) is 8. The molecule has 0 radical (unpaired) electrons. The van der Waals surface area contributed by atoms with Gasteiger partial charge in [0.1, 0.15) is 0 Å². The quantitative estimate of drug-likeness (QED) is 0.129. The number of fused-ring (bicyclic) bond motifs is 20. The van der Waals surface area contributed by atoms with Crippen LogP contribution in [0.4, 0.5) is 0 Å². The zero-order valence-corrected chi connectivity index (χ0v) is 24.0. The summed E-state index contributed by atoms with van der Waals surface area (Å²) < 4.78 is 10.0. The third kappa shape index (κ3) is 3.86. The van der Waals surface area contributed by atoms with E-state index in [2.05, 4.69) is 7.05 Å². The third-order valence-electron chi connectivity index (χ3n) is 7.63. The van der Waals surface area contributed by atoms with Crippen molar-refractivity contribution < 1.29 is 28.3 Å². The summed E-state index contributed by atoms with van der Waals surface area (Å²) in [6.45, 7) is 0. The average Bonchev–Trinajstić information content (AvgIpc) is 3.77. The molecule has 0 saturated carbocycles. The second-order valence-electron chi connectivity index (χ2n) is 9.98. The molecule has 0 amide bonds. The molecule has 9 rings (SSSR count). The molecule has 0 fully saturated rings. The van der Waals surface area contributed by atoms with Gasteiger partial charge in [0, 0.05) is 45.4 Å². The SMILES string of the molecule is [CH2-][n+]1c2nc3[n-]c(nc4nc(nc5[n-]c(nc1-c1ccccc1-2)c1ccccc51)-c1ccccc1-4)c1ccccc31.[O]=[Ti+]. The van der Waals surface area contributed by atoms with Crippen LogP contribution >= 0.6 is 0 Å². The summed E-state index contributed by atoms with van der Waals surface area (Å²) >= 11 is 0.750. The van der Waals surface area contributed by atoms with Gasteiger partial charge in [0.2, 0.25) is 0 Å². The standard InChI is InChI=1S/C33H18N8.O.Ti/c1-41-32-24-16-8-9-17-25(24)33(41)40-31-23-15-7-5-13-21(23)29(38-31)36-27-19-11-3-2-10-18(19)26(34-27)35-28-20-12-4-6-14-22(20)30(37-28)39-32;;/h2-17H,1H2;;/q-2;;+1. The fraction of sp³-hybridized carbons (Fsp3) is 0. The van der Waals surface area contributed by atoms with Gasteiger partial charge in [-0.2, -0.15) is 0 Å². The molecule has 5 heterocycles. The summed E-state index contributed by atoms with van der Waals surface area (Å²) in [5.74, 6) is 2.41. The maximum absolute atomic E-state index is 8.25. The number of hydrogen-bond acceptors (Lipinski definition) is 6. The van der Waals surface area contributed by atoms with Crippen molar-refractivity contribution in [1.82, 2.24) is 34.9 Å². The fourth-order valence-corrected chi connectivity index (χ4v) is 5.70. The van der Waals surface area contributed by atoms with Gasteiger partial charge in [0.25, 0.3) is 0 Å². The van der Waals surface area contributed by atoms with Crippen molar-refractivity contribution in [2.75, 3.05) is 0 Å². The van der Waals surface area contributed by atoms with Gasteiger partial charge >= 0.3 is 23.7 Å². The van der Waals surface area contributed by atoms with E-state index in [4.69, 9.17) is 38.2 Å². The number of hydrogen-bond donors (Lipinski definition) is 0. The van der Waals surface area contributed by atoms with Crippen LogP contribution in [0.25, 0.3) is 89.7 Å². The molecule has 0 aliphatic carbocycles. The molecule has 3 aromatic heterocycles. The summed E-state index contributed by atoms with van der Waals surface area (Å²) in [5.41, 5.74) is 5.85. The minimum atomic E-state index is 0.551. The predicted octanol–water partition coefficient (Wildman–Crippen LogP) is 5.54. The Labute approximate surface area is 256 Å². The topological polar surface area (TPSA) is 114 Å². The van der Waals surface area contributed by atoms with Gasteiger partial charge in [0.15, 0.2) is 0 Å². The van der Waals surface area contributed by atoms with Crippen LogP contribution in [0, 0.1) is 7.05 Å². The van der Waals surface area contributed by atoms with Crippen molar-refractivity contribution in [2.24, 2.45) is 0 Å². The van der Waals surface area contributed by atoms with Crippen LogP contribution in [0.2, 0.25) is 0 Å². The fourth-order valence-electron chi connectivity index (χ4n) is 5.70. The van der Waals surface area contributed by atoms with Crippen LogP contribution in [0.15, 0.2) is 97.1 Å². The normalized spacial score (nSPS) is 11.6. The molecule has 7 aromatic rings. The molecule has 43 heavy (non-hydrogen) atoms. The van der Waals surface area contributed by atoms with E-state index in [1.165, 1.54) is 0 Å². The van der Waals surface area contributed by atoms with Crippen molar-refractivity contribution in [1.29, 1.82) is 0 Å². The molecule has 4 aromatic carbocycles. The Morgan fingerprint density at radius 3 is 1.19 bits per heavy atom. The van der Waals surface area contributed by atoms with E-state index >= 15 is 0 Å². The molecule has 0 saturated heterocycles. The van der Waals surface area contributed by atoms with Gasteiger partial charge < -0.3 is 34.5 Å². The Hall–Kier alpha value is -5.38. The van der Waals surface area contributed by atoms with Gasteiger partial charge in [-0.3, -0.25) is 0 Å². The first kappa shape index (κ1) is 25.3. The molecule has 0 unspecified atom stereocenters. The van der Waals surface area contributed by atoms with E-state index in [0.717, 1.165) is 64.2 Å². The Bertz CT molecular complexity index is 2270. The number of rotatable bonds is 0. The molecule has 0 spiro atoms. The summed E-state index contributed by atoms with van der Waals surface area (Å²) in [4.78, 5) is 34.8. The van der Waals surface area contributed by atoms with E-state index < -0.39 is 0 Å². The van der Waals surface area contributed by atoms with Crippen molar-refractivity contribution in [2.45, 2.75) is 0 Å². The van der Waals surface area contributed by atoms with E-state index in [1.807, 2.05) is 97.1 Å². The first-order chi connectivity index (χ1) is 21.2. The molecular formula is C33H18N8OTi-. The first-order valence-corrected chi connectivity index (χ1v) is 14.0. The summed E-state index contributed by atoms with van der Waals surface area (Å²) in [6, 6.07) is 31.9. The van der Waals surface area contributed by atoms with E-state index in [0.29, 0.717) is 45.9 Å². The first-order valence-electron chi connectivity index (χ1n) is 13.4. The number of benzene rings is 4. The summed E-state index contributed by atoms with van der Waals surface area (Å²) in [5, 5.41) is 3.58. The average molecular weight is 590 g/mol. The third-order valence-corrected chi connectivity index (χ3v) is 7.63. The second-order valence-corrected chi connectivity index (χ2v) is 9.98. The Kier molecular flexibility index (Phi) is 5.82. The zero-order valence-electron chi connectivity index (χ0n) is 22.4. The van der Waals surface area contributed by atoms with E-state index in [1.54, 1.807) is 4.57 Å². The van der Waals surface area contributed by atoms with Crippen molar-refractivity contribution >= 4 is 44.1 Å².